The lowest BCUT2D eigenvalue weighted by atomic mass is 10.0. The monoisotopic (exact) mass is 447 g/mol. The van der Waals surface area contributed by atoms with Crippen LogP contribution in [0, 0.1) is 0 Å². The molecule has 0 radical (unpaired) electrons. The van der Waals surface area contributed by atoms with Crippen molar-refractivity contribution in [1.29, 1.82) is 0 Å². The number of esters is 1. The highest BCUT2D eigenvalue weighted by Gasteiger charge is 2.28. The molecule has 0 spiro atoms. The molecule has 4 rings (SSSR count). The fourth-order valence-electron chi connectivity index (χ4n) is 3.87. The normalized spacial score (nSPS) is 21.4. The largest absolute Gasteiger partial charge is 0.493 e. The van der Waals surface area contributed by atoms with Crippen molar-refractivity contribution in [1.82, 2.24) is 0 Å². The molecule has 0 aliphatic carbocycles. The summed E-state index contributed by atoms with van der Waals surface area (Å²) in [6.07, 6.45) is 5.72. The van der Waals surface area contributed by atoms with Gasteiger partial charge in [0, 0.05) is 31.3 Å². The summed E-state index contributed by atoms with van der Waals surface area (Å²) in [6.45, 7) is 0.917. The predicted octanol–water partition coefficient (Wildman–Crippen LogP) is 5.62. The number of rotatable bonds is 3. The molecule has 2 atom stereocenters. The molecule has 0 aromatic heterocycles. The number of methoxy groups -OCH3 is 1. The number of benzene rings is 2. The Labute approximate surface area is 186 Å². The molecule has 0 saturated carbocycles. The van der Waals surface area contributed by atoms with E-state index in [1.165, 1.54) is 6.07 Å². The van der Waals surface area contributed by atoms with E-state index in [2.05, 4.69) is 11.9 Å². The van der Waals surface area contributed by atoms with Gasteiger partial charge in [0.2, 0.25) is 0 Å². The van der Waals surface area contributed by atoms with Crippen molar-refractivity contribution in [2.45, 2.75) is 31.5 Å². The van der Waals surface area contributed by atoms with Crippen molar-refractivity contribution in [3.63, 3.8) is 0 Å². The highest BCUT2D eigenvalue weighted by atomic mass is 35.5. The van der Waals surface area contributed by atoms with Gasteiger partial charge in [0.25, 0.3) is 0 Å². The van der Waals surface area contributed by atoms with Crippen molar-refractivity contribution >= 4 is 40.9 Å². The summed E-state index contributed by atoms with van der Waals surface area (Å²) in [4.78, 5) is 14.9. The molecule has 0 fully saturated rings. The van der Waals surface area contributed by atoms with Gasteiger partial charge < -0.3 is 19.1 Å². The molecule has 158 valence electrons. The van der Waals surface area contributed by atoms with Crippen LogP contribution < -0.4 is 14.4 Å². The molecule has 4 bridgehead atoms. The van der Waals surface area contributed by atoms with Gasteiger partial charge in [-0.2, -0.15) is 0 Å². The standard InChI is InChI=1S/C23H23Cl2NO4/c1-26-11-3-4-15-13-16(30-23(27)14-5-8-18(24)19(25)12-14)6-7-17-20(26)9-10-21(28-2)22(17)29-15/h5-10,12,15-16H,3-4,11,13H2,1-2H3/b7-6-/t15?,16-/m0/s1. The molecule has 0 N–H and O–H groups in total. The lowest BCUT2D eigenvalue weighted by Crippen LogP contribution is -2.28. The number of hydrogen-bond acceptors (Lipinski definition) is 5. The SMILES string of the molecule is COc1ccc2c3c1OC(CCCN2C)C[C@@H](OC(=O)c1ccc(Cl)c(Cl)c1)/C=C\3. The molecule has 0 saturated heterocycles. The maximum atomic E-state index is 12.7. The second-order valence-corrected chi connectivity index (χ2v) is 8.32. The van der Waals surface area contributed by atoms with Crippen LogP contribution in [0.5, 0.6) is 11.5 Å². The van der Waals surface area contributed by atoms with Crippen LogP contribution >= 0.6 is 23.2 Å². The third-order valence-electron chi connectivity index (χ3n) is 5.46. The Morgan fingerprint density at radius 1 is 1.20 bits per heavy atom. The molecule has 7 heteroatoms. The predicted molar refractivity (Wildman–Crippen MR) is 119 cm³/mol. The van der Waals surface area contributed by atoms with Crippen molar-refractivity contribution < 1.29 is 19.0 Å². The average Bonchev–Trinajstić information content (AvgIpc) is 2.73. The molecule has 2 aliphatic heterocycles. The van der Waals surface area contributed by atoms with Gasteiger partial charge >= 0.3 is 5.97 Å². The van der Waals surface area contributed by atoms with Crippen molar-refractivity contribution in [2.24, 2.45) is 0 Å². The van der Waals surface area contributed by atoms with Crippen molar-refractivity contribution in [3.05, 3.63) is 57.6 Å². The molecule has 2 aromatic rings. The maximum Gasteiger partial charge on any atom is 0.338 e. The van der Waals surface area contributed by atoms with Gasteiger partial charge in [0.1, 0.15) is 12.2 Å². The fraction of sp³-hybridized carbons (Fsp3) is 0.348. The smallest absolute Gasteiger partial charge is 0.338 e. The molecule has 1 unspecified atom stereocenters. The van der Waals surface area contributed by atoms with E-state index in [-0.39, 0.29) is 6.10 Å². The van der Waals surface area contributed by atoms with Crippen LogP contribution in [0.4, 0.5) is 5.69 Å². The second-order valence-electron chi connectivity index (χ2n) is 7.50. The van der Waals surface area contributed by atoms with E-state index >= 15 is 0 Å². The second kappa shape index (κ2) is 8.78. The summed E-state index contributed by atoms with van der Waals surface area (Å²) in [5.74, 6) is 0.991. The Balaban J connectivity index is 1.67. The molecular weight excluding hydrogens is 425 g/mol. The van der Waals surface area contributed by atoms with Crippen LogP contribution in [-0.4, -0.2) is 38.9 Å². The zero-order chi connectivity index (χ0) is 21.3. The number of nitrogens with zero attached hydrogens (tertiary/aromatic N) is 1. The third kappa shape index (κ3) is 4.23. The summed E-state index contributed by atoms with van der Waals surface area (Å²) >= 11 is 12.0. The molecule has 30 heavy (non-hydrogen) atoms. The van der Waals surface area contributed by atoms with Gasteiger partial charge in [-0.05, 0) is 55.3 Å². The third-order valence-corrected chi connectivity index (χ3v) is 6.20. The summed E-state index contributed by atoms with van der Waals surface area (Å²) in [5, 5.41) is 0.716. The van der Waals surface area contributed by atoms with Crippen LogP contribution in [0.1, 0.15) is 35.2 Å². The molecule has 5 nitrogen and oxygen atoms in total. The minimum Gasteiger partial charge on any atom is -0.493 e. The first-order valence-electron chi connectivity index (χ1n) is 9.89. The van der Waals surface area contributed by atoms with E-state index in [0.717, 1.165) is 36.4 Å². The zero-order valence-corrected chi connectivity index (χ0v) is 18.4. The molecule has 2 aliphatic rings. The minimum atomic E-state index is -0.444. The maximum absolute atomic E-state index is 12.7. The Morgan fingerprint density at radius 3 is 2.80 bits per heavy atom. The van der Waals surface area contributed by atoms with Gasteiger partial charge in [0.05, 0.1) is 22.7 Å². The number of carbonyl (C=O) groups is 1. The molecule has 0 amide bonds. The summed E-state index contributed by atoms with van der Waals surface area (Å²) in [5.41, 5.74) is 2.35. The van der Waals surface area contributed by atoms with E-state index in [9.17, 15) is 4.79 Å². The quantitative estimate of drug-likeness (QED) is 0.571. The van der Waals surface area contributed by atoms with Crippen LogP contribution in [0.3, 0.4) is 0 Å². The topological polar surface area (TPSA) is 48.0 Å². The number of halogens is 2. The first kappa shape index (κ1) is 20.9. The number of anilines is 1. The highest BCUT2D eigenvalue weighted by Crippen LogP contribution is 2.42. The van der Waals surface area contributed by atoms with Gasteiger partial charge in [-0.15, -0.1) is 0 Å². The molecular formula is C23H23Cl2NO4. The lowest BCUT2D eigenvalue weighted by Gasteiger charge is -2.27. The van der Waals surface area contributed by atoms with Gasteiger partial charge in [-0.25, -0.2) is 4.79 Å². The summed E-state index contributed by atoms with van der Waals surface area (Å²) < 4.78 is 17.7. The minimum absolute atomic E-state index is 0.101. The van der Waals surface area contributed by atoms with E-state index in [0.29, 0.717) is 27.8 Å². The zero-order valence-electron chi connectivity index (χ0n) is 16.9. The number of ether oxygens (including phenoxy) is 3. The Morgan fingerprint density at radius 2 is 2.03 bits per heavy atom. The number of carbonyl (C=O) groups excluding carboxylic acids is 1. The number of fused-ring (bicyclic) bond motifs is 1. The van der Waals surface area contributed by atoms with Crippen LogP contribution in [-0.2, 0) is 4.74 Å². The van der Waals surface area contributed by atoms with E-state index in [4.69, 9.17) is 37.4 Å². The fourth-order valence-corrected chi connectivity index (χ4v) is 4.17. The van der Waals surface area contributed by atoms with Crippen LogP contribution in [0.15, 0.2) is 36.4 Å². The van der Waals surface area contributed by atoms with Crippen molar-refractivity contribution in [3.8, 4) is 11.5 Å². The van der Waals surface area contributed by atoms with Crippen LogP contribution in [0.2, 0.25) is 10.0 Å². The summed E-state index contributed by atoms with van der Waals surface area (Å²) in [6, 6.07) is 8.69. The Bertz CT molecular complexity index is 991. The molecule has 2 aromatic carbocycles. The highest BCUT2D eigenvalue weighted by molar-refractivity contribution is 6.42. The summed E-state index contributed by atoms with van der Waals surface area (Å²) in [7, 11) is 3.71. The van der Waals surface area contributed by atoms with E-state index < -0.39 is 12.1 Å². The number of hydrogen-bond donors (Lipinski definition) is 0. The van der Waals surface area contributed by atoms with Gasteiger partial charge in [-0.1, -0.05) is 23.2 Å². The van der Waals surface area contributed by atoms with Crippen molar-refractivity contribution in [2.75, 3.05) is 25.6 Å². The van der Waals surface area contributed by atoms with E-state index in [1.54, 1.807) is 19.2 Å². The van der Waals surface area contributed by atoms with Crippen LogP contribution in [0.25, 0.3) is 6.08 Å². The molecule has 2 heterocycles. The average molecular weight is 448 g/mol. The van der Waals surface area contributed by atoms with Gasteiger partial charge in [0.15, 0.2) is 11.5 Å². The Kier molecular flexibility index (Phi) is 6.11. The first-order chi connectivity index (χ1) is 14.5. The Hall–Kier alpha value is -2.37. The van der Waals surface area contributed by atoms with E-state index in [1.807, 2.05) is 24.3 Å². The first-order valence-corrected chi connectivity index (χ1v) is 10.6. The van der Waals surface area contributed by atoms with Gasteiger partial charge in [-0.3, -0.25) is 0 Å². The lowest BCUT2D eigenvalue weighted by molar-refractivity contribution is 0.0285.